The molecule has 6 nitrogen and oxygen atoms in total. The molecule has 12 heavy (non-hydrogen) atoms. The first-order valence-electron chi connectivity index (χ1n) is 2.52. The molecule has 0 aliphatic heterocycles. The summed E-state index contributed by atoms with van der Waals surface area (Å²) in [4.78, 5) is 0. The molecule has 0 aromatic rings. The second-order valence-electron chi connectivity index (χ2n) is 2.57. The van der Waals surface area contributed by atoms with Crippen LogP contribution in [0.5, 0.6) is 0 Å². The molecule has 0 aromatic carbocycles. The summed E-state index contributed by atoms with van der Waals surface area (Å²) in [5.41, 5.74) is 10.8. The molecule has 0 aliphatic carbocycles. The molecule has 0 spiro atoms. The Labute approximate surface area is 87.2 Å². The van der Waals surface area contributed by atoms with Gasteiger partial charge in [-0.15, -0.1) is 0 Å². The van der Waals surface area contributed by atoms with Gasteiger partial charge in [0.05, 0.1) is 0 Å². The summed E-state index contributed by atoms with van der Waals surface area (Å²) in [6.45, 7) is 5.44. The first kappa shape index (κ1) is 39.2. The molecule has 0 bridgehead atoms. The molecule has 0 aromatic heterocycles. The Morgan fingerprint density at radius 1 is 0.833 bits per heavy atom. The average molecular weight is 369 g/mol. The van der Waals surface area contributed by atoms with Crippen molar-refractivity contribution in [3.8, 4) is 0 Å². The van der Waals surface area contributed by atoms with Gasteiger partial charge in [0.1, 0.15) is 0 Å². The Morgan fingerprint density at radius 2 is 1.00 bits per heavy atom. The summed E-state index contributed by atoms with van der Waals surface area (Å²) in [5, 5.41) is 0. The number of hydrogen-bond donors (Lipinski definition) is 2. The van der Waals surface area contributed by atoms with Gasteiger partial charge < -0.3 is 33.4 Å². The predicted octanol–water partition coefficient (Wildman–Crippen LogP) is -3.37. The smallest absolute Gasteiger partial charge is 0 e. The molecular weight excluding hydrogens is 347 g/mol. The zero-order chi connectivity index (χ0) is 5.91. The molecule has 7 heteroatoms. The Morgan fingerprint density at radius 3 is 1.00 bits per heavy atom. The van der Waals surface area contributed by atoms with Crippen LogP contribution in [0.25, 0.3) is 0 Å². The summed E-state index contributed by atoms with van der Waals surface area (Å²) in [5.74, 6) is 0. The Balaban J connectivity index is -0.0000000180. The van der Waals surface area contributed by atoms with Gasteiger partial charge in [-0.1, -0.05) is 13.8 Å². The van der Waals surface area contributed by atoms with Crippen LogP contribution < -0.4 is 11.5 Å². The van der Waals surface area contributed by atoms with Crippen LogP contribution in [0.2, 0.25) is 0 Å². The minimum atomic E-state index is 0. The molecule has 0 unspecified atom stereocenters. The van der Waals surface area contributed by atoms with Gasteiger partial charge in [-0.05, 0) is 18.5 Å². The first-order valence-corrected chi connectivity index (χ1v) is 2.52. The van der Waals surface area contributed by atoms with Crippen LogP contribution in [0.3, 0.4) is 0 Å². The fourth-order valence-corrected chi connectivity index (χ4v) is 0.0833. The van der Waals surface area contributed by atoms with Crippen molar-refractivity contribution in [1.82, 2.24) is 0 Å². The zero-order valence-electron chi connectivity index (χ0n) is 7.39. The van der Waals surface area contributed by atoms with Crippen molar-refractivity contribution in [2.24, 2.45) is 16.9 Å². The van der Waals surface area contributed by atoms with Gasteiger partial charge in [0.2, 0.25) is 0 Å². The van der Waals surface area contributed by atoms with Gasteiger partial charge in [0, 0.05) is 21.1 Å². The largest absolute Gasteiger partial charge is 0.412 e. The Bertz CT molecular complexity index is 59.4. The van der Waals surface area contributed by atoms with Crippen LogP contribution in [0.15, 0.2) is 0 Å². The summed E-state index contributed by atoms with van der Waals surface area (Å²) >= 11 is 0. The van der Waals surface area contributed by atoms with Crippen molar-refractivity contribution in [3.63, 3.8) is 0 Å². The molecular formula is C5H22N2O4Pt. The van der Waals surface area contributed by atoms with E-state index in [1.807, 2.05) is 13.8 Å². The van der Waals surface area contributed by atoms with Crippen LogP contribution in [-0.2, 0) is 21.1 Å². The third kappa shape index (κ3) is 22.4. The van der Waals surface area contributed by atoms with Crippen LogP contribution in [0, 0.1) is 5.41 Å². The van der Waals surface area contributed by atoms with Crippen molar-refractivity contribution in [2.45, 2.75) is 13.8 Å². The summed E-state index contributed by atoms with van der Waals surface area (Å²) in [6, 6.07) is 0. The van der Waals surface area contributed by atoms with E-state index in [1.54, 1.807) is 0 Å². The minimum Gasteiger partial charge on any atom is -0.412 e. The van der Waals surface area contributed by atoms with Crippen LogP contribution in [-0.4, -0.2) is 35.0 Å². The van der Waals surface area contributed by atoms with Crippen molar-refractivity contribution >= 4 is 0 Å². The maximum Gasteiger partial charge on any atom is 0 e. The maximum atomic E-state index is 5.34. The summed E-state index contributed by atoms with van der Waals surface area (Å²) < 4.78 is 0. The summed E-state index contributed by atoms with van der Waals surface area (Å²) in [7, 11) is 0. The zero-order valence-corrected chi connectivity index (χ0v) is 9.66. The van der Waals surface area contributed by atoms with E-state index in [0.717, 1.165) is 0 Å². The van der Waals surface area contributed by atoms with Gasteiger partial charge in [0.15, 0.2) is 0 Å². The molecule has 0 amide bonds. The normalized spacial score (nSPS) is 7.00. The van der Waals surface area contributed by atoms with E-state index in [9.17, 15) is 0 Å². The van der Waals surface area contributed by atoms with E-state index >= 15 is 0 Å². The van der Waals surface area contributed by atoms with Gasteiger partial charge in [0.25, 0.3) is 0 Å². The van der Waals surface area contributed by atoms with E-state index in [-0.39, 0.29) is 48.4 Å². The van der Waals surface area contributed by atoms with Crippen molar-refractivity contribution in [1.29, 1.82) is 0 Å². The van der Waals surface area contributed by atoms with Gasteiger partial charge in [-0.25, -0.2) is 0 Å². The predicted molar refractivity (Wildman–Crippen MR) is 46.3 cm³/mol. The fraction of sp³-hybridized carbons (Fsp3) is 1.00. The second kappa shape index (κ2) is 17.5. The Hall–Kier alpha value is 0.448. The summed E-state index contributed by atoms with van der Waals surface area (Å²) in [6.07, 6.45) is 0. The monoisotopic (exact) mass is 369 g/mol. The minimum absolute atomic E-state index is 0. The molecule has 0 fully saturated rings. The Kier molecular flexibility index (Phi) is 57.3. The van der Waals surface area contributed by atoms with Gasteiger partial charge in [-0.3, -0.25) is 0 Å². The molecule has 0 atom stereocenters. The van der Waals surface area contributed by atoms with Crippen LogP contribution in [0.1, 0.15) is 13.8 Å². The first-order chi connectivity index (χ1) is 3.12. The molecule has 0 saturated heterocycles. The molecule has 0 saturated carbocycles. The molecule has 0 rings (SSSR count). The molecule has 12 N–H and O–H groups in total. The second-order valence-corrected chi connectivity index (χ2v) is 2.57. The van der Waals surface area contributed by atoms with E-state index in [0.29, 0.717) is 13.1 Å². The van der Waals surface area contributed by atoms with E-state index in [1.165, 1.54) is 0 Å². The van der Waals surface area contributed by atoms with Crippen molar-refractivity contribution in [2.75, 3.05) is 13.1 Å². The maximum absolute atomic E-state index is 5.34. The number of nitrogens with two attached hydrogens (primary N) is 2. The SMILES string of the molecule is CC(C)(CN)CN.O.O.O.O.[Pt]. The molecule has 0 heterocycles. The number of rotatable bonds is 2. The molecule has 86 valence electrons. The van der Waals surface area contributed by atoms with E-state index in [2.05, 4.69) is 0 Å². The fourth-order valence-electron chi connectivity index (χ4n) is 0.0833. The van der Waals surface area contributed by atoms with Gasteiger partial charge in [-0.2, -0.15) is 0 Å². The third-order valence-electron chi connectivity index (χ3n) is 1.11. The van der Waals surface area contributed by atoms with E-state index in [4.69, 9.17) is 11.5 Å². The average Bonchev–Trinajstić information content (AvgIpc) is 1.68. The van der Waals surface area contributed by atoms with Crippen LogP contribution >= 0.6 is 0 Å². The molecule has 0 radical (unpaired) electrons. The van der Waals surface area contributed by atoms with E-state index < -0.39 is 0 Å². The van der Waals surface area contributed by atoms with Crippen molar-refractivity contribution < 1.29 is 43.0 Å². The standard InChI is InChI=1S/C5H14N2.4H2O.Pt/c1-5(2,3-6)4-7;;;;;/h3-4,6-7H2,1-2H3;4*1H2;. The quantitative estimate of drug-likeness (QED) is 0.516. The molecule has 0 aliphatic rings. The topological polar surface area (TPSA) is 178 Å². The van der Waals surface area contributed by atoms with Gasteiger partial charge >= 0.3 is 0 Å². The third-order valence-corrected chi connectivity index (χ3v) is 1.11. The van der Waals surface area contributed by atoms with Crippen LogP contribution in [0.4, 0.5) is 0 Å². The van der Waals surface area contributed by atoms with Crippen molar-refractivity contribution in [3.05, 3.63) is 0 Å². The number of hydrogen-bond acceptors (Lipinski definition) is 2.